The molecule has 1 rings (SSSR count). The lowest BCUT2D eigenvalue weighted by Crippen LogP contribution is -2.37. The molecule has 110 valence electrons. The van der Waals surface area contributed by atoms with Crippen molar-refractivity contribution in [3.63, 3.8) is 0 Å². The lowest BCUT2D eigenvalue weighted by molar-refractivity contribution is -0.116. The molecule has 0 atom stereocenters. The fraction of sp³-hybridized carbons (Fsp3) is 0.429. The third-order valence-electron chi connectivity index (χ3n) is 2.64. The monoisotopic (exact) mass is 280 g/mol. The van der Waals surface area contributed by atoms with Gasteiger partial charge in [0.1, 0.15) is 5.75 Å². The van der Waals surface area contributed by atoms with Crippen molar-refractivity contribution in [2.75, 3.05) is 31.7 Å². The molecule has 1 N–H and O–H groups in total. The third kappa shape index (κ3) is 4.79. The Labute approximate surface area is 118 Å². The normalized spacial score (nSPS) is 9.75. The van der Waals surface area contributed by atoms with Gasteiger partial charge in [0.15, 0.2) is 0 Å². The molecule has 0 aromatic heterocycles. The van der Waals surface area contributed by atoms with Crippen LogP contribution in [-0.4, -0.2) is 38.8 Å². The first-order valence-corrected chi connectivity index (χ1v) is 6.41. The van der Waals surface area contributed by atoms with Gasteiger partial charge in [-0.1, -0.05) is 0 Å². The van der Waals surface area contributed by atoms with Crippen LogP contribution in [0, 0.1) is 0 Å². The maximum atomic E-state index is 11.7. The van der Waals surface area contributed by atoms with E-state index in [4.69, 9.17) is 9.47 Å². The Bertz CT molecular complexity index is 445. The number of rotatable bonds is 6. The molecular weight excluding hydrogens is 260 g/mol. The summed E-state index contributed by atoms with van der Waals surface area (Å²) in [5.41, 5.74) is 0.754. The minimum Gasteiger partial charge on any atom is -0.497 e. The number of anilines is 1. The van der Waals surface area contributed by atoms with E-state index in [1.54, 1.807) is 43.2 Å². The summed E-state index contributed by atoms with van der Waals surface area (Å²) in [6.07, 6.45) is -0.481. The second-order valence-electron chi connectivity index (χ2n) is 4.02. The van der Waals surface area contributed by atoms with Gasteiger partial charge in [-0.3, -0.25) is 4.79 Å². The van der Waals surface area contributed by atoms with Crippen LogP contribution in [-0.2, 0) is 9.53 Å². The van der Waals surface area contributed by atoms with E-state index in [-0.39, 0.29) is 5.91 Å². The average molecular weight is 280 g/mol. The smallest absolute Gasteiger partial charge is 0.407 e. The van der Waals surface area contributed by atoms with Crippen LogP contribution in [0.15, 0.2) is 24.3 Å². The number of ether oxygens (including phenoxy) is 2. The van der Waals surface area contributed by atoms with E-state index in [0.717, 1.165) is 11.4 Å². The van der Waals surface area contributed by atoms with Gasteiger partial charge < -0.3 is 19.7 Å². The summed E-state index contributed by atoms with van der Waals surface area (Å²) in [5.74, 6) is 0.628. The summed E-state index contributed by atoms with van der Waals surface area (Å²) >= 11 is 0. The molecule has 0 spiro atoms. The summed E-state index contributed by atoms with van der Waals surface area (Å²) in [5, 5.41) is 2.58. The molecule has 20 heavy (non-hydrogen) atoms. The topological polar surface area (TPSA) is 67.9 Å². The maximum absolute atomic E-state index is 11.7. The number of methoxy groups -OCH3 is 1. The minimum absolute atomic E-state index is 0.0965. The predicted molar refractivity (Wildman–Crippen MR) is 76.0 cm³/mol. The highest BCUT2D eigenvalue weighted by atomic mass is 16.5. The molecule has 0 aliphatic carbocycles. The second-order valence-corrected chi connectivity index (χ2v) is 4.02. The largest absolute Gasteiger partial charge is 0.497 e. The van der Waals surface area contributed by atoms with Crippen molar-refractivity contribution >= 4 is 17.7 Å². The number of hydrogen-bond donors (Lipinski definition) is 1. The molecule has 0 aliphatic heterocycles. The molecule has 0 fully saturated rings. The van der Waals surface area contributed by atoms with E-state index in [1.165, 1.54) is 6.92 Å². The van der Waals surface area contributed by atoms with E-state index in [2.05, 4.69) is 5.32 Å². The Morgan fingerprint density at radius 3 is 2.40 bits per heavy atom. The first-order chi connectivity index (χ1) is 9.58. The zero-order chi connectivity index (χ0) is 15.0. The standard InChI is InChI=1S/C14H20N2O4/c1-4-20-14(18)15-9-10-16(11(2)17)12-5-7-13(19-3)8-6-12/h5-8H,4,9-10H2,1-3H3,(H,15,18). The minimum atomic E-state index is -0.481. The van der Waals surface area contributed by atoms with Gasteiger partial charge in [0, 0.05) is 25.7 Å². The van der Waals surface area contributed by atoms with Crippen LogP contribution in [0.5, 0.6) is 5.75 Å². The van der Waals surface area contributed by atoms with Crippen LogP contribution in [0.2, 0.25) is 0 Å². The number of carbonyl (C=O) groups excluding carboxylic acids is 2. The Kier molecular flexibility index (Phi) is 6.36. The van der Waals surface area contributed by atoms with Crippen LogP contribution < -0.4 is 15.0 Å². The number of alkyl carbamates (subject to hydrolysis) is 1. The summed E-state index contributed by atoms with van der Waals surface area (Å²) in [6.45, 7) is 4.24. The molecule has 0 saturated carbocycles. The average Bonchev–Trinajstić information content (AvgIpc) is 2.44. The number of hydrogen-bond acceptors (Lipinski definition) is 4. The van der Waals surface area contributed by atoms with E-state index in [0.29, 0.717) is 19.7 Å². The summed E-state index contributed by atoms with van der Waals surface area (Å²) in [6, 6.07) is 7.16. The number of nitrogens with zero attached hydrogens (tertiary/aromatic N) is 1. The van der Waals surface area contributed by atoms with Gasteiger partial charge in [-0.15, -0.1) is 0 Å². The highest BCUT2D eigenvalue weighted by Gasteiger charge is 2.11. The first-order valence-electron chi connectivity index (χ1n) is 6.41. The Morgan fingerprint density at radius 1 is 1.25 bits per heavy atom. The fourth-order valence-electron chi connectivity index (χ4n) is 1.68. The van der Waals surface area contributed by atoms with E-state index in [1.807, 2.05) is 0 Å². The van der Waals surface area contributed by atoms with Gasteiger partial charge in [-0.05, 0) is 31.2 Å². The van der Waals surface area contributed by atoms with Gasteiger partial charge in [-0.2, -0.15) is 0 Å². The van der Waals surface area contributed by atoms with Crippen molar-refractivity contribution in [3.8, 4) is 5.75 Å². The zero-order valence-corrected chi connectivity index (χ0v) is 12.0. The quantitative estimate of drug-likeness (QED) is 0.862. The maximum Gasteiger partial charge on any atom is 0.407 e. The van der Waals surface area contributed by atoms with Crippen LogP contribution >= 0.6 is 0 Å². The molecule has 6 nitrogen and oxygen atoms in total. The number of carbonyl (C=O) groups is 2. The Hall–Kier alpha value is -2.24. The third-order valence-corrected chi connectivity index (χ3v) is 2.64. The number of nitrogens with one attached hydrogen (secondary N) is 1. The van der Waals surface area contributed by atoms with Crippen LogP contribution in [0.25, 0.3) is 0 Å². The summed E-state index contributed by atoms with van der Waals surface area (Å²) < 4.78 is 9.82. The molecule has 0 radical (unpaired) electrons. The van der Waals surface area contributed by atoms with Crippen molar-refractivity contribution in [2.45, 2.75) is 13.8 Å². The Balaban J connectivity index is 2.60. The van der Waals surface area contributed by atoms with Crippen molar-refractivity contribution in [1.82, 2.24) is 5.32 Å². The zero-order valence-electron chi connectivity index (χ0n) is 12.0. The van der Waals surface area contributed by atoms with E-state index in [9.17, 15) is 9.59 Å². The molecule has 6 heteroatoms. The van der Waals surface area contributed by atoms with Crippen LogP contribution in [0.4, 0.5) is 10.5 Å². The van der Waals surface area contributed by atoms with Crippen molar-refractivity contribution in [3.05, 3.63) is 24.3 Å². The summed E-state index contributed by atoms with van der Waals surface area (Å²) in [7, 11) is 1.58. The van der Waals surface area contributed by atoms with E-state index < -0.39 is 6.09 Å². The number of amides is 2. The van der Waals surface area contributed by atoms with Crippen molar-refractivity contribution < 1.29 is 19.1 Å². The first kappa shape index (κ1) is 15.8. The van der Waals surface area contributed by atoms with Gasteiger partial charge in [0.05, 0.1) is 13.7 Å². The molecule has 0 saturated heterocycles. The fourth-order valence-corrected chi connectivity index (χ4v) is 1.68. The van der Waals surface area contributed by atoms with Crippen LogP contribution in [0.1, 0.15) is 13.8 Å². The SMILES string of the molecule is CCOC(=O)NCCN(C(C)=O)c1ccc(OC)cc1. The molecular formula is C14H20N2O4. The van der Waals surface area contributed by atoms with Crippen molar-refractivity contribution in [1.29, 1.82) is 0 Å². The molecule has 0 heterocycles. The molecule has 0 aliphatic rings. The predicted octanol–water partition coefficient (Wildman–Crippen LogP) is 1.79. The van der Waals surface area contributed by atoms with Gasteiger partial charge in [-0.25, -0.2) is 4.79 Å². The second kappa shape index (κ2) is 8.04. The molecule has 1 aromatic carbocycles. The molecule has 2 amide bonds. The van der Waals surface area contributed by atoms with Crippen molar-refractivity contribution in [2.24, 2.45) is 0 Å². The van der Waals surface area contributed by atoms with Gasteiger partial charge >= 0.3 is 6.09 Å². The lowest BCUT2D eigenvalue weighted by Gasteiger charge is -2.21. The summed E-state index contributed by atoms with van der Waals surface area (Å²) in [4.78, 5) is 24.4. The number of benzene rings is 1. The lowest BCUT2D eigenvalue weighted by atomic mass is 10.2. The highest BCUT2D eigenvalue weighted by Crippen LogP contribution is 2.19. The molecule has 1 aromatic rings. The van der Waals surface area contributed by atoms with Gasteiger partial charge in [0.2, 0.25) is 5.91 Å². The Morgan fingerprint density at radius 2 is 1.90 bits per heavy atom. The van der Waals surface area contributed by atoms with Crippen LogP contribution in [0.3, 0.4) is 0 Å². The molecule has 0 unspecified atom stereocenters. The highest BCUT2D eigenvalue weighted by molar-refractivity contribution is 5.91. The van der Waals surface area contributed by atoms with E-state index >= 15 is 0 Å². The molecule has 0 bridgehead atoms. The van der Waals surface area contributed by atoms with Gasteiger partial charge in [0.25, 0.3) is 0 Å².